The number of amides is 1. The fourth-order valence-electron chi connectivity index (χ4n) is 5.74. The van der Waals surface area contributed by atoms with E-state index < -0.39 is 5.92 Å². The van der Waals surface area contributed by atoms with Gasteiger partial charge in [-0.2, -0.15) is 0 Å². The first kappa shape index (κ1) is 22.5. The van der Waals surface area contributed by atoms with Crippen LogP contribution in [-0.2, 0) is 24.8 Å². The standard InChI is InChI=1S/C25H30N6O3/c1-3-30-21-13-31-20(5-4-18(25(31)34)16-6-9-26-10-7-16)23(30)22(19(21)14-32)24(33)27-11-8-17-12-29(2)15-28-17/h4-7,9-10,12,15,19,21-23,32H,3,8,11,13-14H2,1-2H3,(H,27,33)/t19-,21-,22+,23+/m1/s1. The maximum atomic E-state index is 13.5. The molecule has 5 heterocycles. The predicted octanol–water partition coefficient (Wildman–Crippen LogP) is 0.986. The summed E-state index contributed by atoms with van der Waals surface area (Å²) in [4.78, 5) is 37.5. The molecule has 9 heteroatoms. The van der Waals surface area contributed by atoms with Crippen molar-refractivity contribution < 1.29 is 9.90 Å². The predicted molar refractivity (Wildman–Crippen MR) is 127 cm³/mol. The molecule has 34 heavy (non-hydrogen) atoms. The minimum Gasteiger partial charge on any atom is -0.396 e. The second-order valence-electron chi connectivity index (χ2n) is 9.11. The summed E-state index contributed by atoms with van der Waals surface area (Å²) in [6.07, 6.45) is 7.67. The SMILES string of the molecule is CCN1[C@@H]2Cn3c(ccc(-c4ccncc4)c3=O)[C@H]1[C@@H](C(=O)NCCc1cn(C)cn1)[C@@H]2CO. The maximum absolute atomic E-state index is 13.5. The van der Waals surface area contributed by atoms with Gasteiger partial charge in [-0.05, 0) is 36.4 Å². The molecule has 0 aliphatic carbocycles. The molecule has 2 N–H and O–H groups in total. The third kappa shape index (κ3) is 3.74. The number of aliphatic hydroxyl groups is 1. The summed E-state index contributed by atoms with van der Waals surface area (Å²) in [5, 5.41) is 13.4. The van der Waals surface area contributed by atoms with Gasteiger partial charge in [0.15, 0.2) is 0 Å². The molecule has 5 rings (SSSR count). The van der Waals surface area contributed by atoms with Crippen LogP contribution in [0.1, 0.15) is 24.4 Å². The lowest BCUT2D eigenvalue weighted by Crippen LogP contribution is -2.46. The molecule has 1 saturated heterocycles. The van der Waals surface area contributed by atoms with E-state index in [1.165, 1.54) is 0 Å². The van der Waals surface area contributed by atoms with Gasteiger partial charge in [0, 0.05) is 75.0 Å². The zero-order chi connectivity index (χ0) is 23.8. The van der Waals surface area contributed by atoms with Crippen LogP contribution in [0.4, 0.5) is 0 Å². The van der Waals surface area contributed by atoms with Gasteiger partial charge in [0.05, 0.1) is 24.0 Å². The van der Waals surface area contributed by atoms with Crippen molar-refractivity contribution in [3.63, 3.8) is 0 Å². The van der Waals surface area contributed by atoms with Crippen LogP contribution in [0, 0.1) is 11.8 Å². The molecule has 4 atom stereocenters. The Morgan fingerprint density at radius 1 is 1.24 bits per heavy atom. The molecular weight excluding hydrogens is 432 g/mol. The third-order valence-corrected chi connectivity index (χ3v) is 7.27. The summed E-state index contributed by atoms with van der Waals surface area (Å²) in [6, 6.07) is 7.13. The Morgan fingerprint density at radius 3 is 2.71 bits per heavy atom. The monoisotopic (exact) mass is 462 g/mol. The highest BCUT2D eigenvalue weighted by Crippen LogP contribution is 2.48. The molecule has 9 nitrogen and oxygen atoms in total. The van der Waals surface area contributed by atoms with Crippen LogP contribution in [-0.4, -0.2) is 60.8 Å². The summed E-state index contributed by atoms with van der Waals surface area (Å²) in [5.74, 6) is -0.762. The van der Waals surface area contributed by atoms with Gasteiger partial charge in [-0.25, -0.2) is 4.98 Å². The molecule has 3 aromatic heterocycles. The highest BCUT2D eigenvalue weighted by molar-refractivity contribution is 5.80. The van der Waals surface area contributed by atoms with Crippen LogP contribution in [0.25, 0.3) is 11.1 Å². The Morgan fingerprint density at radius 2 is 2.03 bits per heavy atom. The Kier molecular flexibility index (Phi) is 6.05. The molecule has 0 unspecified atom stereocenters. The molecule has 0 spiro atoms. The fraction of sp³-hybridized carbons (Fsp3) is 0.440. The molecule has 2 bridgehead atoms. The first-order valence-corrected chi connectivity index (χ1v) is 11.8. The van der Waals surface area contributed by atoms with Gasteiger partial charge in [0.1, 0.15) is 0 Å². The minimum absolute atomic E-state index is 0.0673. The van der Waals surface area contributed by atoms with Crippen LogP contribution in [0.15, 0.2) is 54.0 Å². The highest BCUT2D eigenvalue weighted by atomic mass is 16.3. The van der Waals surface area contributed by atoms with E-state index in [4.69, 9.17) is 0 Å². The molecular formula is C25H30N6O3. The maximum Gasteiger partial charge on any atom is 0.258 e. The quantitative estimate of drug-likeness (QED) is 0.543. The van der Waals surface area contributed by atoms with Crippen molar-refractivity contribution >= 4 is 5.91 Å². The van der Waals surface area contributed by atoms with Crippen molar-refractivity contribution in [1.82, 2.24) is 29.3 Å². The second-order valence-corrected chi connectivity index (χ2v) is 9.11. The average molecular weight is 463 g/mol. The molecule has 3 aromatic rings. The normalized spacial score (nSPS) is 23.6. The zero-order valence-corrected chi connectivity index (χ0v) is 19.5. The lowest BCUT2D eigenvalue weighted by atomic mass is 9.86. The average Bonchev–Trinajstić information content (AvgIpc) is 3.36. The first-order chi connectivity index (χ1) is 16.5. The van der Waals surface area contributed by atoms with E-state index >= 15 is 0 Å². The second kappa shape index (κ2) is 9.15. The lowest BCUT2D eigenvalue weighted by Gasteiger charge is -2.37. The molecule has 2 aliphatic heterocycles. The first-order valence-electron chi connectivity index (χ1n) is 11.8. The zero-order valence-electron chi connectivity index (χ0n) is 19.5. The number of likely N-dealkylation sites (N-methyl/N-ethyl adjacent to an activating group) is 1. The molecule has 0 radical (unpaired) electrons. The van der Waals surface area contributed by atoms with Gasteiger partial charge < -0.3 is 19.6 Å². The number of pyridine rings is 2. The lowest BCUT2D eigenvalue weighted by molar-refractivity contribution is -0.127. The summed E-state index contributed by atoms with van der Waals surface area (Å²) in [5.41, 5.74) is 3.13. The number of aliphatic hydroxyl groups excluding tert-OH is 1. The largest absolute Gasteiger partial charge is 0.396 e. The number of aryl methyl sites for hydroxylation is 1. The number of carbonyl (C=O) groups excluding carboxylic acids is 1. The fourth-order valence-corrected chi connectivity index (χ4v) is 5.74. The molecule has 178 valence electrons. The Hall–Kier alpha value is -3.30. The van der Waals surface area contributed by atoms with E-state index in [9.17, 15) is 14.7 Å². The van der Waals surface area contributed by atoms with E-state index in [1.807, 2.05) is 42.1 Å². The smallest absolute Gasteiger partial charge is 0.258 e. The van der Waals surface area contributed by atoms with Crippen LogP contribution in [0.2, 0.25) is 0 Å². The van der Waals surface area contributed by atoms with Crippen LogP contribution >= 0.6 is 0 Å². The summed E-state index contributed by atoms with van der Waals surface area (Å²) in [7, 11) is 1.92. The van der Waals surface area contributed by atoms with Crippen molar-refractivity contribution in [3.05, 3.63) is 70.9 Å². The van der Waals surface area contributed by atoms with E-state index in [-0.39, 0.29) is 36.1 Å². The number of rotatable bonds is 7. The Labute approximate surface area is 198 Å². The van der Waals surface area contributed by atoms with E-state index in [1.54, 1.807) is 23.3 Å². The van der Waals surface area contributed by atoms with Crippen molar-refractivity contribution in [2.75, 3.05) is 19.7 Å². The number of carbonyl (C=O) groups is 1. The third-order valence-electron chi connectivity index (χ3n) is 7.27. The number of nitrogens with one attached hydrogen (secondary N) is 1. The van der Waals surface area contributed by atoms with Crippen molar-refractivity contribution in [3.8, 4) is 11.1 Å². The van der Waals surface area contributed by atoms with Gasteiger partial charge in [-0.3, -0.25) is 19.5 Å². The van der Waals surface area contributed by atoms with Crippen molar-refractivity contribution in [1.29, 1.82) is 0 Å². The van der Waals surface area contributed by atoms with E-state index in [2.05, 4.69) is 27.1 Å². The number of hydrogen-bond acceptors (Lipinski definition) is 6. The van der Waals surface area contributed by atoms with Crippen LogP contribution in [0.5, 0.6) is 0 Å². The number of aromatic nitrogens is 4. The topological polar surface area (TPSA) is 105 Å². The van der Waals surface area contributed by atoms with Crippen LogP contribution in [0.3, 0.4) is 0 Å². The van der Waals surface area contributed by atoms with Gasteiger partial charge in [0.2, 0.25) is 5.91 Å². The summed E-state index contributed by atoms with van der Waals surface area (Å²) >= 11 is 0. The van der Waals surface area contributed by atoms with E-state index in [0.29, 0.717) is 25.1 Å². The number of fused-ring (bicyclic) bond motifs is 4. The van der Waals surface area contributed by atoms with Gasteiger partial charge in [0.25, 0.3) is 5.56 Å². The number of hydrogen-bond donors (Lipinski definition) is 2. The van der Waals surface area contributed by atoms with Gasteiger partial charge in [-0.15, -0.1) is 0 Å². The molecule has 0 aromatic carbocycles. The van der Waals surface area contributed by atoms with Crippen LogP contribution < -0.4 is 10.9 Å². The molecule has 2 aliphatic rings. The number of nitrogens with zero attached hydrogens (tertiary/aromatic N) is 5. The summed E-state index contributed by atoms with van der Waals surface area (Å²) < 4.78 is 3.69. The van der Waals surface area contributed by atoms with Gasteiger partial charge in [-0.1, -0.05) is 6.92 Å². The highest BCUT2D eigenvalue weighted by Gasteiger charge is 2.55. The molecule has 1 fully saturated rings. The van der Waals surface area contributed by atoms with Crippen molar-refractivity contribution in [2.45, 2.75) is 32.0 Å². The molecule has 0 saturated carbocycles. The molecule has 1 amide bonds. The number of imidazole rings is 1. The van der Waals surface area contributed by atoms with E-state index in [0.717, 1.165) is 23.5 Å². The van der Waals surface area contributed by atoms with Crippen molar-refractivity contribution in [2.24, 2.45) is 18.9 Å². The minimum atomic E-state index is -0.432. The summed E-state index contributed by atoms with van der Waals surface area (Å²) in [6.45, 7) is 3.64. The Balaban J connectivity index is 1.45. The Bertz CT molecular complexity index is 1240. The van der Waals surface area contributed by atoms with Gasteiger partial charge >= 0.3 is 0 Å².